The Hall–Kier alpha value is -3.39. The third kappa shape index (κ3) is 5.17. The Bertz CT molecular complexity index is 1060. The molecule has 0 aromatic heterocycles. The number of aliphatic carboxylic acids is 1. The van der Waals surface area contributed by atoms with Crippen LogP contribution >= 0.6 is 0 Å². The molecule has 2 N–H and O–H groups in total. The molecule has 0 saturated carbocycles. The van der Waals surface area contributed by atoms with Gasteiger partial charge in [-0.15, -0.1) is 0 Å². The van der Waals surface area contributed by atoms with Gasteiger partial charge in [0.1, 0.15) is 6.61 Å². The Morgan fingerprint density at radius 3 is 2.34 bits per heavy atom. The maximum absolute atomic E-state index is 12.7. The van der Waals surface area contributed by atoms with Crippen LogP contribution in [0.1, 0.15) is 43.2 Å². The molecule has 8 nitrogen and oxygen atoms in total. The van der Waals surface area contributed by atoms with E-state index < -0.39 is 17.7 Å². The fraction of sp³-hybridized carbons (Fsp3) is 0.444. The number of benzene rings is 2. The third-order valence-electron chi connectivity index (χ3n) is 7.05. The molecule has 1 fully saturated rings. The van der Waals surface area contributed by atoms with Gasteiger partial charge in [0.25, 0.3) is 0 Å². The first kappa shape index (κ1) is 24.7. The van der Waals surface area contributed by atoms with E-state index in [-0.39, 0.29) is 43.9 Å². The zero-order valence-electron chi connectivity index (χ0n) is 20.2. The minimum absolute atomic E-state index is 0.0125. The average Bonchev–Trinajstić information content (AvgIpc) is 3.19. The molecule has 0 radical (unpaired) electrons. The van der Waals surface area contributed by atoms with Gasteiger partial charge in [0, 0.05) is 32.5 Å². The molecule has 8 heteroatoms. The first-order valence-electron chi connectivity index (χ1n) is 12.0. The number of piperidine rings is 1. The van der Waals surface area contributed by atoms with Gasteiger partial charge < -0.3 is 24.8 Å². The topological polar surface area (TPSA) is 105 Å². The first-order valence-corrected chi connectivity index (χ1v) is 12.0. The maximum Gasteiger partial charge on any atom is 0.407 e. The fourth-order valence-electron chi connectivity index (χ4n) is 5.07. The van der Waals surface area contributed by atoms with E-state index in [2.05, 4.69) is 29.6 Å². The summed E-state index contributed by atoms with van der Waals surface area (Å²) in [7, 11) is 1.36. The Kier molecular flexibility index (Phi) is 7.40. The minimum Gasteiger partial charge on any atom is -0.479 e. The summed E-state index contributed by atoms with van der Waals surface area (Å²) in [5.74, 6) is -1.34. The third-order valence-corrected chi connectivity index (χ3v) is 7.05. The van der Waals surface area contributed by atoms with Crippen molar-refractivity contribution in [2.75, 3.05) is 33.4 Å². The molecule has 186 valence electrons. The average molecular weight is 481 g/mol. The predicted octanol–water partition coefficient (Wildman–Crippen LogP) is 3.64. The lowest BCUT2D eigenvalue weighted by Gasteiger charge is -2.39. The van der Waals surface area contributed by atoms with Gasteiger partial charge >= 0.3 is 12.1 Å². The molecule has 1 heterocycles. The Balaban J connectivity index is 1.26. The Labute approximate surface area is 205 Å². The number of alkyl carbamates (subject to hydrolysis) is 1. The summed E-state index contributed by atoms with van der Waals surface area (Å²) >= 11 is 0. The second-order valence-corrected chi connectivity index (χ2v) is 9.44. The highest BCUT2D eigenvalue weighted by atomic mass is 16.5. The number of likely N-dealkylation sites (tertiary alicyclic amines) is 1. The number of carbonyl (C=O) groups excluding carboxylic acids is 2. The van der Waals surface area contributed by atoms with Crippen molar-refractivity contribution in [1.29, 1.82) is 0 Å². The Morgan fingerprint density at radius 2 is 1.74 bits per heavy atom. The van der Waals surface area contributed by atoms with Crippen LogP contribution in [-0.2, 0) is 19.1 Å². The fourth-order valence-corrected chi connectivity index (χ4v) is 5.07. The summed E-state index contributed by atoms with van der Waals surface area (Å²) < 4.78 is 10.8. The summed E-state index contributed by atoms with van der Waals surface area (Å²) in [6.07, 6.45) is 0.622. The maximum atomic E-state index is 12.7. The van der Waals surface area contributed by atoms with Gasteiger partial charge in [-0.3, -0.25) is 4.79 Å². The SMILES string of the molecule is COC1(C(=O)O)CCCN(C(=O)CC(C)CNC(=O)OCC2c3ccccc3-c3ccccc32)C1. The smallest absolute Gasteiger partial charge is 0.407 e. The Morgan fingerprint density at radius 1 is 1.11 bits per heavy atom. The highest BCUT2D eigenvalue weighted by Gasteiger charge is 2.44. The lowest BCUT2D eigenvalue weighted by molar-refractivity contribution is -0.171. The quantitative estimate of drug-likeness (QED) is 0.598. The van der Waals surface area contributed by atoms with Gasteiger partial charge in [-0.2, -0.15) is 0 Å². The number of fused-ring (bicyclic) bond motifs is 3. The van der Waals surface area contributed by atoms with Crippen LogP contribution in [0, 0.1) is 5.92 Å². The van der Waals surface area contributed by atoms with Crippen molar-refractivity contribution in [3.8, 4) is 11.1 Å². The van der Waals surface area contributed by atoms with Crippen LogP contribution < -0.4 is 5.32 Å². The largest absolute Gasteiger partial charge is 0.479 e. The highest BCUT2D eigenvalue weighted by molar-refractivity contribution is 5.82. The molecular formula is C27H32N2O6. The molecule has 1 aliphatic carbocycles. The molecule has 35 heavy (non-hydrogen) atoms. The van der Waals surface area contributed by atoms with E-state index in [0.717, 1.165) is 11.1 Å². The molecule has 0 bridgehead atoms. The zero-order chi connectivity index (χ0) is 25.0. The molecule has 2 aromatic rings. The number of nitrogens with zero attached hydrogens (tertiary/aromatic N) is 1. The van der Waals surface area contributed by atoms with Gasteiger partial charge in [-0.1, -0.05) is 55.5 Å². The van der Waals surface area contributed by atoms with Crippen molar-refractivity contribution in [3.05, 3.63) is 59.7 Å². The van der Waals surface area contributed by atoms with Crippen molar-refractivity contribution in [3.63, 3.8) is 0 Å². The predicted molar refractivity (Wildman–Crippen MR) is 130 cm³/mol. The van der Waals surface area contributed by atoms with E-state index in [9.17, 15) is 19.5 Å². The van der Waals surface area contributed by atoms with E-state index in [4.69, 9.17) is 9.47 Å². The van der Waals surface area contributed by atoms with Crippen LogP contribution in [0.25, 0.3) is 11.1 Å². The molecule has 1 aliphatic heterocycles. The minimum atomic E-state index is -1.35. The van der Waals surface area contributed by atoms with E-state index in [1.165, 1.54) is 18.2 Å². The molecule has 2 unspecified atom stereocenters. The molecule has 2 atom stereocenters. The monoisotopic (exact) mass is 480 g/mol. The summed E-state index contributed by atoms with van der Waals surface area (Å²) in [4.78, 5) is 38.3. The number of carboxylic acid groups (broad SMARTS) is 1. The summed E-state index contributed by atoms with van der Waals surface area (Å²) in [6.45, 7) is 2.92. The van der Waals surface area contributed by atoms with Gasteiger partial charge in [-0.25, -0.2) is 9.59 Å². The number of nitrogens with one attached hydrogen (secondary N) is 1. The van der Waals surface area contributed by atoms with E-state index in [1.807, 2.05) is 31.2 Å². The molecule has 2 amide bonds. The van der Waals surface area contributed by atoms with Crippen molar-refractivity contribution in [2.24, 2.45) is 5.92 Å². The molecule has 1 saturated heterocycles. The number of methoxy groups -OCH3 is 1. The molecule has 4 rings (SSSR count). The second kappa shape index (κ2) is 10.5. The molecule has 0 spiro atoms. The van der Waals surface area contributed by atoms with Gasteiger partial charge in [0.15, 0.2) is 5.60 Å². The van der Waals surface area contributed by atoms with E-state index in [0.29, 0.717) is 19.4 Å². The number of amides is 2. The van der Waals surface area contributed by atoms with Crippen LogP contribution in [0.4, 0.5) is 4.79 Å². The zero-order valence-corrected chi connectivity index (χ0v) is 20.2. The molecule has 2 aliphatic rings. The number of hydrogen-bond donors (Lipinski definition) is 2. The standard InChI is InChI=1S/C27H32N2O6/c1-18(14-24(30)29-13-7-12-27(17-29,34-2)25(31)32)15-28-26(33)35-16-23-21-10-5-3-8-19(21)20-9-4-6-11-22(20)23/h3-6,8-11,18,23H,7,12-17H2,1-2H3,(H,28,33)(H,31,32). The van der Waals surface area contributed by atoms with E-state index in [1.54, 1.807) is 4.90 Å². The summed E-state index contributed by atoms with van der Waals surface area (Å²) in [6, 6.07) is 16.3. The van der Waals surface area contributed by atoms with Gasteiger partial charge in [-0.05, 0) is 41.0 Å². The summed E-state index contributed by atoms with van der Waals surface area (Å²) in [5, 5.41) is 12.3. The first-order chi connectivity index (χ1) is 16.8. The van der Waals surface area contributed by atoms with Crippen molar-refractivity contribution in [1.82, 2.24) is 10.2 Å². The van der Waals surface area contributed by atoms with Gasteiger partial charge in [0.2, 0.25) is 5.91 Å². The lowest BCUT2D eigenvalue weighted by Crippen LogP contribution is -2.56. The van der Waals surface area contributed by atoms with Crippen LogP contribution in [0.2, 0.25) is 0 Å². The van der Waals surface area contributed by atoms with Crippen LogP contribution in [0.5, 0.6) is 0 Å². The molecule has 2 aromatic carbocycles. The number of rotatable bonds is 8. The second-order valence-electron chi connectivity index (χ2n) is 9.44. The number of carboxylic acids is 1. The number of hydrogen-bond acceptors (Lipinski definition) is 5. The molecular weight excluding hydrogens is 448 g/mol. The van der Waals surface area contributed by atoms with Crippen LogP contribution in [0.3, 0.4) is 0 Å². The highest BCUT2D eigenvalue weighted by Crippen LogP contribution is 2.44. The van der Waals surface area contributed by atoms with Crippen molar-refractivity contribution < 1.29 is 29.0 Å². The lowest BCUT2D eigenvalue weighted by atomic mass is 9.92. The van der Waals surface area contributed by atoms with Crippen molar-refractivity contribution >= 4 is 18.0 Å². The number of carbonyl (C=O) groups is 3. The van der Waals surface area contributed by atoms with Crippen molar-refractivity contribution in [2.45, 2.75) is 37.7 Å². The van der Waals surface area contributed by atoms with Crippen LogP contribution in [0.15, 0.2) is 48.5 Å². The van der Waals surface area contributed by atoms with Gasteiger partial charge in [0.05, 0.1) is 6.54 Å². The number of ether oxygens (including phenoxy) is 2. The van der Waals surface area contributed by atoms with Crippen LogP contribution in [-0.4, -0.2) is 66.9 Å². The summed E-state index contributed by atoms with van der Waals surface area (Å²) in [5.41, 5.74) is 3.28. The normalized spacial score (nSPS) is 20.0. The van der Waals surface area contributed by atoms with E-state index >= 15 is 0 Å².